The lowest BCUT2D eigenvalue weighted by atomic mass is 10.0. The number of aromatic nitrogens is 3. The van der Waals surface area contributed by atoms with Crippen LogP contribution in [0.15, 0.2) is 64.5 Å². The molecule has 182 valence electrons. The van der Waals surface area contributed by atoms with Gasteiger partial charge in [-0.25, -0.2) is 9.98 Å². The van der Waals surface area contributed by atoms with Crippen molar-refractivity contribution < 1.29 is 14.3 Å². The Balaban J connectivity index is 1.96. The molecule has 0 atom stereocenters. The van der Waals surface area contributed by atoms with Crippen molar-refractivity contribution in [1.29, 1.82) is 0 Å². The Morgan fingerprint density at radius 2 is 1.94 bits per heavy atom. The van der Waals surface area contributed by atoms with Gasteiger partial charge < -0.3 is 14.5 Å². The standard InChI is InChI=1S/C26H29BrN4O3Si/c1-16(32)31-21-11-10-18(27)13-20(21)23(25(31)33)24(30-22-14-28-15-29-22)17-8-7-9-19(12-17)34-35(5,6)26(2,3)4/h7-15,33H,1-6H3,(H,28,29)/b30-24+. The van der Waals surface area contributed by atoms with E-state index in [1.54, 1.807) is 18.6 Å². The normalized spacial score (nSPS) is 12.8. The van der Waals surface area contributed by atoms with Gasteiger partial charge in [0.2, 0.25) is 20.1 Å². The number of aromatic hydroxyl groups is 1. The molecule has 0 aliphatic carbocycles. The molecule has 2 heterocycles. The average molecular weight is 554 g/mol. The summed E-state index contributed by atoms with van der Waals surface area (Å²) < 4.78 is 8.67. The van der Waals surface area contributed by atoms with E-state index in [2.05, 4.69) is 59.8 Å². The molecule has 2 N–H and O–H groups in total. The van der Waals surface area contributed by atoms with Crippen molar-refractivity contribution in [3.63, 3.8) is 0 Å². The van der Waals surface area contributed by atoms with E-state index in [-0.39, 0.29) is 16.8 Å². The molecular formula is C26H29BrN4O3Si. The number of benzene rings is 2. The molecule has 0 unspecified atom stereocenters. The highest BCUT2D eigenvalue weighted by Crippen LogP contribution is 2.39. The highest BCUT2D eigenvalue weighted by atomic mass is 79.9. The second kappa shape index (κ2) is 9.12. The predicted octanol–water partition coefficient (Wildman–Crippen LogP) is 7.05. The number of rotatable bonds is 5. The maximum Gasteiger partial charge on any atom is 0.250 e. The molecule has 4 aromatic rings. The van der Waals surface area contributed by atoms with Crippen LogP contribution in [0.25, 0.3) is 10.9 Å². The van der Waals surface area contributed by atoms with Crippen molar-refractivity contribution in [2.45, 2.75) is 45.8 Å². The maximum absolute atomic E-state index is 12.5. The minimum atomic E-state index is -2.08. The van der Waals surface area contributed by atoms with Crippen LogP contribution < -0.4 is 4.43 Å². The highest BCUT2D eigenvalue weighted by molar-refractivity contribution is 9.10. The van der Waals surface area contributed by atoms with Crippen LogP contribution in [-0.2, 0) is 0 Å². The Morgan fingerprint density at radius 1 is 1.20 bits per heavy atom. The molecule has 4 rings (SSSR count). The molecule has 35 heavy (non-hydrogen) atoms. The molecule has 9 heteroatoms. The summed E-state index contributed by atoms with van der Waals surface area (Å²) in [4.78, 5) is 24.4. The van der Waals surface area contributed by atoms with Crippen molar-refractivity contribution in [2.24, 2.45) is 4.99 Å². The highest BCUT2D eigenvalue weighted by Gasteiger charge is 2.39. The number of carbonyl (C=O) groups excluding carboxylic acids is 1. The van der Waals surface area contributed by atoms with Crippen molar-refractivity contribution in [3.05, 3.63) is 70.6 Å². The Morgan fingerprint density at radius 3 is 2.57 bits per heavy atom. The quantitative estimate of drug-likeness (QED) is 0.205. The van der Waals surface area contributed by atoms with Gasteiger partial charge in [0.1, 0.15) is 11.6 Å². The summed E-state index contributed by atoms with van der Waals surface area (Å²) in [6.45, 7) is 12.4. The Kier molecular flexibility index (Phi) is 6.50. The van der Waals surface area contributed by atoms with E-state index < -0.39 is 8.32 Å². The van der Waals surface area contributed by atoms with Gasteiger partial charge in [-0.15, -0.1) is 0 Å². The smallest absolute Gasteiger partial charge is 0.250 e. The number of imidazole rings is 1. The van der Waals surface area contributed by atoms with E-state index in [4.69, 9.17) is 9.42 Å². The average Bonchev–Trinajstić information content (AvgIpc) is 3.36. The van der Waals surface area contributed by atoms with Crippen molar-refractivity contribution in [1.82, 2.24) is 14.5 Å². The summed E-state index contributed by atoms with van der Waals surface area (Å²) in [5, 5.41) is 12.0. The Hall–Kier alpha value is -3.17. The molecule has 0 bridgehead atoms. The number of nitrogens with one attached hydrogen (secondary N) is 1. The zero-order valence-electron chi connectivity index (χ0n) is 20.7. The molecule has 2 aromatic heterocycles. The summed E-state index contributed by atoms with van der Waals surface area (Å²) in [5.74, 6) is 0.799. The first-order valence-electron chi connectivity index (χ1n) is 11.3. The number of H-pyrrole nitrogens is 1. The number of fused-ring (bicyclic) bond motifs is 1. The van der Waals surface area contributed by atoms with Crippen molar-refractivity contribution in [3.8, 4) is 11.6 Å². The molecule has 7 nitrogen and oxygen atoms in total. The third-order valence-electron chi connectivity index (χ3n) is 6.46. The van der Waals surface area contributed by atoms with Crippen LogP contribution in [0.3, 0.4) is 0 Å². The van der Waals surface area contributed by atoms with Gasteiger partial charge in [-0.05, 0) is 48.5 Å². The number of aromatic amines is 1. The summed E-state index contributed by atoms with van der Waals surface area (Å²) in [7, 11) is -2.08. The second-order valence-electron chi connectivity index (χ2n) is 10.0. The fraction of sp³-hybridized carbons (Fsp3) is 0.269. The molecule has 0 saturated heterocycles. The Bertz CT molecular complexity index is 1430. The fourth-order valence-electron chi connectivity index (χ4n) is 3.65. The topological polar surface area (TPSA) is 92.5 Å². The SMILES string of the molecule is CC(=O)n1c(O)c(/C(=N/c2cnc[nH]2)c2cccc(O[Si](C)(C)C(C)(C)C)c2)c2cc(Br)ccc21. The van der Waals surface area contributed by atoms with Gasteiger partial charge in [0.15, 0.2) is 0 Å². The molecule has 0 saturated carbocycles. The van der Waals surface area contributed by atoms with Gasteiger partial charge in [0.25, 0.3) is 0 Å². The van der Waals surface area contributed by atoms with Gasteiger partial charge in [0.05, 0.1) is 29.3 Å². The third kappa shape index (κ3) is 4.83. The second-order valence-corrected chi connectivity index (χ2v) is 15.6. The van der Waals surface area contributed by atoms with E-state index in [0.717, 1.165) is 15.8 Å². The van der Waals surface area contributed by atoms with Crippen LogP contribution in [-0.4, -0.2) is 39.6 Å². The number of halogens is 1. The van der Waals surface area contributed by atoms with Crippen LogP contribution in [0, 0.1) is 0 Å². The number of hydrogen-bond acceptors (Lipinski definition) is 5. The van der Waals surface area contributed by atoms with Gasteiger partial charge in [0, 0.05) is 22.3 Å². The minimum Gasteiger partial charge on any atom is -0.543 e. The summed E-state index contributed by atoms with van der Waals surface area (Å²) in [6, 6.07) is 13.2. The molecule has 0 spiro atoms. The van der Waals surface area contributed by atoms with Gasteiger partial charge in [-0.2, -0.15) is 0 Å². The lowest BCUT2D eigenvalue weighted by molar-refractivity contribution is 0.0933. The molecule has 0 fully saturated rings. The minimum absolute atomic E-state index is 0.0370. The summed E-state index contributed by atoms with van der Waals surface area (Å²) in [5.41, 5.74) is 2.29. The third-order valence-corrected chi connectivity index (χ3v) is 11.3. The number of hydrogen-bond donors (Lipinski definition) is 2. The molecule has 0 radical (unpaired) electrons. The molecule has 0 amide bonds. The summed E-state index contributed by atoms with van der Waals surface area (Å²) >= 11 is 3.52. The largest absolute Gasteiger partial charge is 0.543 e. The van der Waals surface area contributed by atoms with E-state index in [0.29, 0.717) is 28.0 Å². The van der Waals surface area contributed by atoms with E-state index >= 15 is 0 Å². The van der Waals surface area contributed by atoms with E-state index in [1.807, 2.05) is 36.4 Å². The number of aliphatic imine (C=N–C) groups is 1. The van der Waals surface area contributed by atoms with Crippen LogP contribution >= 0.6 is 15.9 Å². The van der Waals surface area contributed by atoms with Crippen LogP contribution in [0.2, 0.25) is 18.1 Å². The molecule has 2 aromatic carbocycles. The number of carbonyl (C=O) groups is 1. The lowest BCUT2D eigenvalue weighted by Gasteiger charge is -2.36. The van der Waals surface area contributed by atoms with Gasteiger partial charge in [-0.3, -0.25) is 9.36 Å². The van der Waals surface area contributed by atoms with Gasteiger partial charge in [-0.1, -0.05) is 48.8 Å². The van der Waals surface area contributed by atoms with E-state index in [1.165, 1.54) is 11.5 Å². The van der Waals surface area contributed by atoms with Crippen molar-refractivity contribution in [2.75, 3.05) is 0 Å². The first kappa shape index (κ1) is 24.9. The van der Waals surface area contributed by atoms with Crippen molar-refractivity contribution >= 4 is 52.6 Å². The molecular weight excluding hydrogens is 524 g/mol. The van der Waals surface area contributed by atoms with Gasteiger partial charge >= 0.3 is 0 Å². The van der Waals surface area contributed by atoms with Crippen LogP contribution in [0.4, 0.5) is 5.82 Å². The monoisotopic (exact) mass is 552 g/mol. The zero-order valence-corrected chi connectivity index (χ0v) is 23.3. The fourth-order valence-corrected chi connectivity index (χ4v) is 5.04. The van der Waals surface area contributed by atoms with Crippen LogP contribution in [0.1, 0.15) is 43.6 Å². The van der Waals surface area contributed by atoms with Crippen LogP contribution in [0.5, 0.6) is 11.6 Å². The molecule has 0 aliphatic heterocycles. The summed E-state index contributed by atoms with van der Waals surface area (Å²) in [6.07, 6.45) is 3.15. The molecule has 0 aliphatic rings. The first-order valence-corrected chi connectivity index (χ1v) is 15.0. The number of nitrogens with zero attached hydrogens (tertiary/aromatic N) is 3. The zero-order chi connectivity index (χ0) is 25.5. The Labute approximate surface area is 214 Å². The first-order chi connectivity index (χ1) is 16.4. The predicted molar refractivity (Wildman–Crippen MR) is 146 cm³/mol. The maximum atomic E-state index is 12.5. The lowest BCUT2D eigenvalue weighted by Crippen LogP contribution is -2.43. The van der Waals surface area contributed by atoms with E-state index in [9.17, 15) is 9.90 Å².